The van der Waals surface area contributed by atoms with Crippen molar-refractivity contribution in [2.75, 3.05) is 6.61 Å². The van der Waals surface area contributed by atoms with Gasteiger partial charge in [-0.25, -0.2) is 4.79 Å². The van der Waals surface area contributed by atoms with Crippen LogP contribution in [0.1, 0.15) is 52.9 Å². The number of alkyl halides is 2. The lowest BCUT2D eigenvalue weighted by atomic mass is 9.67. The predicted octanol–water partition coefficient (Wildman–Crippen LogP) is 3.74. The third kappa shape index (κ3) is 3.84. The van der Waals surface area contributed by atoms with Crippen LogP contribution < -0.4 is 0 Å². The molecule has 1 N–H and O–H groups in total. The Labute approximate surface area is 148 Å². The van der Waals surface area contributed by atoms with Crippen LogP contribution in [0.2, 0.25) is 0 Å². The van der Waals surface area contributed by atoms with E-state index in [1.165, 1.54) is 19.3 Å². The van der Waals surface area contributed by atoms with Gasteiger partial charge in [-0.15, -0.1) is 0 Å². The zero-order valence-electron chi connectivity index (χ0n) is 15.0. The molecule has 0 radical (unpaired) electrons. The van der Waals surface area contributed by atoms with Gasteiger partial charge in [0, 0.05) is 0 Å². The van der Waals surface area contributed by atoms with E-state index in [1.807, 2.05) is 6.92 Å². The Hall–Kier alpha value is -0.760. The number of esters is 1. The van der Waals surface area contributed by atoms with Crippen molar-refractivity contribution in [1.29, 1.82) is 0 Å². The molecule has 146 valence electrons. The summed E-state index contributed by atoms with van der Waals surface area (Å²) in [5.74, 6) is 0.397. The average molecular weight is 382 g/mol. The maximum absolute atomic E-state index is 13.3. The molecule has 6 atom stereocenters. The van der Waals surface area contributed by atoms with Crippen LogP contribution in [-0.4, -0.2) is 30.8 Å². The monoisotopic (exact) mass is 382 g/mol. The second-order valence-corrected chi connectivity index (χ2v) is 9.06. The Bertz CT molecular complexity index is 590. The molecule has 0 heterocycles. The van der Waals surface area contributed by atoms with E-state index in [2.05, 4.69) is 18.6 Å². The minimum Gasteiger partial charge on any atom is -0.460 e. The summed E-state index contributed by atoms with van der Waals surface area (Å²) in [5, 5.41) is -4.92. The quantitative estimate of drug-likeness (QED) is 0.511. The van der Waals surface area contributed by atoms with Gasteiger partial charge in [-0.2, -0.15) is 17.2 Å². The molecule has 6 unspecified atom stereocenters. The van der Waals surface area contributed by atoms with Crippen LogP contribution in [0.4, 0.5) is 8.78 Å². The van der Waals surface area contributed by atoms with E-state index < -0.39 is 21.3 Å². The largest absolute Gasteiger partial charge is 0.465 e. The van der Waals surface area contributed by atoms with Crippen molar-refractivity contribution < 1.29 is 31.3 Å². The fourth-order valence-electron chi connectivity index (χ4n) is 5.20. The summed E-state index contributed by atoms with van der Waals surface area (Å²) in [6.07, 6.45) is 5.20. The van der Waals surface area contributed by atoms with Gasteiger partial charge < -0.3 is 4.74 Å². The molecule has 2 fully saturated rings. The molecule has 8 heteroatoms. The highest BCUT2D eigenvalue weighted by Crippen LogP contribution is 2.56. The lowest BCUT2D eigenvalue weighted by Gasteiger charge is -2.39. The minimum atomic E-state index is -5.82. The van der Waals surface area contributed by atoms with Crippen LogP contribution in [0.25, 0.3) is 0 Å². The van der Waals surface area contributed by atoms with E-state index in [-0.39, 0.29) is 18.4 Å². The maximum Gasteiger partial charge on any atom is 0.465 e. The summed E-state index contributed by atoms with van der Waals surface area (Å²) in [4.78, 5) is 11.4. The highest BCUT2D eigenvalue weighted by atomic mass is 32.2. The van der Waals surface area contributed by atoms with Crippen molar-refractivity contribution in [1.82, 2.24) is 0 Å². The van der Waals surface area contributed by atoms with Gasteiger partial charge in [-0.3, -0.25) is 4.55 Å². The topological polar surface area (TPSA) is 80.7 Å². The fourth-order valence-corrected chi connectivity index (χ4v) is 5.47. The summed E-state index contributed by atoms with van der Waals surface area (Å²) in [6.45, 7) is 5.97. The Morgan fingerprint density at radius 1 is 1.24 bits per heavy atom. The zero-order valence-corrected chi connectivity index (χ0v) is 15.8. The van der Waals surface area contributed by atoms with Crippen molar-refractivity contribution >= 4 is 16.1 Å². The van der Waals surface area contributed by atoms with Crippen molar-refractivity contribution in [3.63, 3.8) is 0 Å². The van der Waals surface area contributed by atoms with Crippen LogP contribution in [-0.2, 0) is 19.6 Å². The van der Waals surface area contributed by atoms with Gasteiger partial charge in [0.25, 0.3) is 0 Å². The summed E-state index contributed by atoms with van der Waals surface area (Å²) in [7, 11) is -5.82. The predicted molar refractivity (Wildman–Crippen MR) is 88.5 cm³/mol. The second kappa shape index (κ2) is 7.47. The Morgan fingerprint density at radius 3 is 2.28 bits per heavy atom. The molecule has 25 heavy (non-hydrogen) atoms. The van der Waals surface area contributed by atoms with Gasteiger partial charge in [-0.1, -0.05) is 27.2 Å². The van der Waals surface area contributed by atoms with Crippen molar-refractivity contribution in [3.8, 4) is 0 Å². The molecule has 0 aromatic rings. The third-order valence-corrected chi connectivity index (χ3v) is 7.31. The lowest BCUT2D eigenvalue weighted by Crippen LogP contribution is -2.41. The van der Waals surface area contributed by atoms with E-state index in [9.17, 15) is 22.0 Å². The molecule has 5 nitrogen and oxygen atoms in total. The molecule has 0 amide bonds. The molecule has 2 saturated carbocycles. The molecule has 0 aromatic heterocycles. The average Bonchev–Trinajstić information content (AvgIpc) is 3.12. The molecular formula is C17H28F2O5S. The second-order valence-electron chi connectivity index (χ2n) is 7.60. The van der Waals surface area contributed by atoms with Crippen molar-refractivity contribution in [2.45, 2.75) is 58.1 Å². The number of hydrogen-bond acceptors (Lipinski definition) is 4. The molecule has 0 saturated heterocycles. The minimum absolute atomic E-state index is 0.0991. The van der Waals surface area contributed by atoms with E-state index in [0.717, 1.165) is 12.3 Å². The number of ether oxygens (including phenoxy) is 1. The Kier molecular flexibility index (Phi) is 6.14. The Morgan fingerprint density at radius 2 is 1.84 bits per heavy atom. The van der Waals surface area contributed by atoms with Gasteiger partial charge in [-0.05, 0) is 61.2 Å². The first-order chi connectivity index (χ1) is 11.5. The number of carbonyl (C=O) groups excluding carboxylic acids is 1. The van der Waals surface area contributed by atoms with Crippen molar-refractivity contribution in [2.24, 2.45) is 35.5 Å². The van der Waals surface area contributed by atoms with Crippen LogP contribution in [0.15, 0.2) is 0 Å². The molecule has 2 bridgehead atoms. The molecular weight excluding hydrogens is 354 g/mol. The summed E-state index contributed by atoms with van der Waals surface area (Å²) in [6, 6.07) is 0. The summed E-state index contributed by atoms with van der Waals surface area (Å²) >= 11 is 0. The number of rotatable bonds is 8. The smallest absolute Gasteiger partial charge is 0.460 e. The van der Waals surface area contributed by atoms with E-state index in [1.54, 1.807) is 0 Å². The van der Waals surface area contributed by atoms with Crippen LogP contribution >= 0.6 is 0 Å². The number of halogens is 2. The number of carbonyl (C=O) groups is 1. The zero-order chi connectivity index (χ0) is 19.0. The fraction of sp³-hybridized carbons (Fsp3) is 0.941. The lowest BCUT2D eigenvalue weighted by molar-refractivity contribution is -0.164. The van der Waals surface area contributed by atoms with Gasteiger partial charge in [0.15, 0.2) is 0 Å². The number of hydrogen-bond donors (Lipinski definition) is 1. The SMILES string of the molecule is CCC(COC(=O)C(F)(F)S(=O)(=O)O)C(CC)C1C2CCC(C2)C1C. The highest BCUT2D eigenvalue weighted by Gasteiger charge is 2.54. The summed E-state index contributed by atoms with van der Waals surface area (Å²) in [5.41, 5.74) is 0. The molecule has 2 aliphatic rings. The molecule has 0 spiro atoms. The van der Waals surface area contributed by atoms with Crippen LogP contribution in [0, 0.1) is 35.5 Å². The normalized spacial score (nSPS) is 31.8. The highest BCUT2D eigenvalue weighted by molar-refractivity contribution is 7.87. The molecule has 2 rings (SSSR count). The first-order valence-electron chi connectivity index (χ1n) is 9.06. The van der Waals surface area contributed by atoms with E-state index >= 15 is 0 Å². The van der Waals surface area contributed by atoms with E-state index in [4.69, 9.17) is 4.55 Å². The van der Waals surface area contributed by atoms with Crippen molar-refractivity contribution in [3.05, 3.63) is 0 Å². The molecule has 2 aliphatic carbocycles. The number of fused-ring (bicyclic) bond motifs is 2. The van der Waals surface area contributed by atoms with Gasteiger partial charge in [0.05, 0.1) is 6.61 Å². The summed E-state index contributed by atoms with van der Waals surface area (Å²) < 4.78 is 61.1. The van der Waals surface area contributed by atoms with Gasteiger partial charge in [0.1, 0.15) is 0 Å². The Balaban J connectivity index is 2.05. The first kappa shape index (κ1) is 20.6. The first-order valence-corrected chi connectivity index (χ1v) is 10.5. The van der Waals surface area contributed by atoms with Crippen LogP contribution in [0.5, 0.6) is 0 Å². The molecule has 0 aromatic carbocycles. The van der Waals surface area contributed by atoms with Crippen LogP contribution in [0.3, 0.4) is 0 Å². The molecule has 0 aliphatic heterocycles. The standard InChI is InChI=1S/C17H28F2O5S/c1-4-11(9-24-16(20)17(18,19)25(21,22)23)14(5-2)15-10(3)12-6-7-13(15)8-12/h10-15H,4-9H2,1-3H3,(H,21,22,23). The third-order valence-electron chi connectivity index (χ3n) is 6.49. The van der Waals surface area contributed by atoms with Gasteiger partial charge in [0.2, 0.25) is 0 Å². The maximum atomic E-state index is 13.3. The van der Waals surface area contributed by atoms with E-state index in [0.29, 0.717) is 24.2 Å². The van der Waals surface area contributed by atoms with Gasteiger partial charge >= 0.3 is 21.3 Å².